The summed E-state index contributed by atoms with van der Waals surface area (Å²) in [7, 11) is -0.952. The van der Waals surface area contributed by atoms with Crippen LogP contribution in [0.5, 0.6) is 0 Å². The molecular weight excluding hydrogens is 424 g/mol. The highest BCUT2D eigenvalue weighted by Gasteiger charge is 2.21. The number of rotatable bonds is 7. The molecule has 0 atom stereocenters. The molecule has 1 heterocycles. The van der Waals surface area contributed by atoms with Gasteiger partial charge in [0, 0.05) is 11.7 Å². The van der Waals surface area contributed by atoms with Gasteiger partial charge in [-0.1, -0.05) is 42.0 Å². The Morgan fingerprint density at radius 3 is 2.12 bits per heavy atom. The molecule has 7 heteroatoms. The van der Waals surface area contributed by atoms with E-state index in [1.165, 1.54) is 30.6 Å². The van der Waals surface area contributed by atoms with Crippen LogP contribution in [0, 0.1) is 25.5 Å². The molecule has 0 amide bonds. The first-order chi connectivity index (χ1) is 15.4. The van der Waals surface area contributed by atoms with E-state index in [-0.39, 0.29) is 23.0 Å². The fourth-order valence-corrected chi connectivity index (χ4v) is 5.91. The van der Waals surface area contributed by atoms with Crippen LogP contribution in [0.25, 0.3) is 0 Å². The molecule has 3 aromatic carbocycles. The van der Waals surface area contributed by atoms with Crippen LogP contribution in [0.2, 0.25) is 0 Å². The van der Waals surface area contributed by atoms with Gasteiger partial charge in [0.15, 0.2) is 5.82 Å². The van der Waals surface area contributed by atoms with Crippen LogP contribution in [0.4, 0.5) is 8.78 Å². The number of nitrogens with zero attached hydrogens (tertiary/aromatic N) is 3. The molecule has 0 saturated heterocycles. The van der Waals surface area contributed by atoms with Gasteiger partial charge in [0.25, 0.3) is 0 Å². The Bertz CT molecular complexity index is 1190. The summed E-state index contributed by atoms with van der Waals surface area (Å²) < 4.78 is 28.6. The molecular formula is C25H23F2N3OSi. The molecule has 0 radical (unpaired) electrons. The van der Waals surface area contributed by atoms with Crippen molar-refractivity contribution in [1.82, 2.24) is 14.8 Å². The zero-order valence-corrected chi connectivity index (χ0v) is 19.3. The van der Waals surface area contributed by atoms with Crippen molar-refractivity contribution in [2.45, 2.75) is 25.6 Å². The number of hydrogen-bond acceptors (Lipinski definition) is 3. The van der Waals surface area contributed by atoms with Gasteiger partial charge in [-0.2, -0.15) is 5.10 Å². The van der Waals surface area contributed by atoms with E-state index in [0.717, 1.165) is 22.3 Å². The molecule has 0 spiro atoms. The lowest BCUT2D eigenvalue weighted by Crippen LogP contribution is -2.21. The maximum Gasteiger partial charge on any atom is 0.230 e. The van der Waals surface area contributed by atoms with E-state index in [9.17, 15) is 13.6 Å². The van der Waals surface area contributed by atoms with Crippen molar-refractivity contribution in [3.05, 3.63) is 118 Å². The quantitative estimate of drug-likeness (QED) is 0.313. The van der Waals surface area contributed by atoms with E-state index < -0.39 is 9.52 Å². The highest BCUT2D eigenvalue weighted by Crippen LogP contribution is 2.25. The van der Waals surface area contributed by atoms with Crippen LogP contribution in [-0.2, 0) is 6.17 Å². The standard InChI is InChI=1S/C25H23F2N3OSi/c1-16-3-4-17(2)22(13-16)23(31)25-28-14-29-30(25)15-32-24(18-5-9-20(26)10-6-18)19-7-11-21(27)12-8-19/h3-14,24H,15,32H2,1-2H3. The molecule has 0 unspecified atom stereocenters. The lowest BCUT2D eigenvalue weighted by molar-refractivity contribution is 0.102. The first-order valence-electron chi connectivity index (χ1n) is 10.4. The largest absolute Gasteiger partial charge is 0.285 e. The van der Waals surface area contributed by atoms with Gasteiger partial charge in [0.05, 0.1) is 9.52 Å². The van der Waals surface area contributed by atoms with Gasteiger partial charge in [0.1, 0.15) is 18.0 Å². The molecule has 162 valence electrons. The topological polar surface area (TPSA) is 47.8 Å². The molecule has 0 N–H and O–H groups in total. The Kier molecular flexibility index (Phi) is 6.37. The van der Waals surface area contributed by atoms with Crippen molar-refractivity contribution in [2.75, 3.05) is 0 Å². The van der Waals surface area contributed by atoms with Crippen LogP contribution in [0.15, 0.2) is 73.1 Å². The molecule has 1 aromatic heterocycles. The van der Waals surface area contributed by atoms with Crippen molar-refractivity contribution in [2.24, 2.45) is 0 Å². The maximum absolute atomic E-state index is 13.5. The zero-order valence-electron chi connectivity index (χ0n) is 17.9. The van der Waals surface area contributed by atoms with Crippen molar-refractivity contribution in [1.29, 1.82) is 0 Å². The average Bonchev–Trinajstić information content (AvgIpc) is 3.26. The SMILES string of the molecule is Cc1ccc(C)c(C(=O)c2ncnn2C[SiH2]C(c2ccc(F)cc2)c2ccc(F)cc2)c1. The van der Waals surface area contributed by atoms with E-state index in [2.05, 4.69) is 10.1 Å². The summed E-state index contributed by atoms with van der Waals surface area (Å²) >= 11 is 0. The van der Waals surface area contributed by atoms with Crippen LogP contribution in [0.3, 0.4) is 0 Å². The number of halogens is 2. The number of hydrogen-bond donors (Lipinski definition) is 0. The maximum atomic E-state index is 13.5. The molecule has 4 aromatic rings. The normalized spacial score (nSPS) is 11.5. The van der Waals surface area contributed by atoms with Crippen LogP contribution < -0.4 is 0 Å². The molecule has 4 rings (SSSR count). The smallest absolute Gasteiger partial charge is 0.230 e. The first-order valence-corrected chi connectivity index (χ1v) is 12.2. The minimum atomic E-state index is -0.952. The van der Waals surface area contributed by atoms with E-state index >= 15 is 0 Å². The highest BCUT2D eigenvalue weighted by molar-refractivity contribution is 6.37. The third-order valence-electron chi connectivity index (χ3n) is 5.63. The van der Waals surface area contributed by atoms with E-state index in [0.29, 0.717) is 17.6 Å². The van der Waals surface area contributed by atoms with Crippen molar-refractivity contribution < 1.29 is 13.6 Å². The molecule has 0 bridgehead atoms. The number of carbonyl (C=O) groups excluding carboxylic acids is 1. The Hall–Kier alpha value is -3.45. The summed E-state index contributed by atoms with van der Waals surface area (Å²) in [6.07, 6.45) is 1.96. The molecule has 0 saturated carbocycles. The number of aromatic nitrogens is 3. The summed E-state index contributed by atoms with van der Waals surface area (Å²) in [6.45, 7) is 3.85. The number of carbonyl (C=O) groups is 1. The summed E-state index contributed by atoms with van der Waals surface area (Å²) in [5.74, 6) is -0.446. The fraction of sp³-hybridized carbons (Fsp3) is 0.160. The lowest BCUT2D eigenvalue weighted by Gasteiger charge is -2.18. The number of aryl methyl sites for hydroxylation is 2. The van der Waals surface area contributed by atoms with Crippen molar-refractivity contribution >= 4 is 15.3 Å². The van der Waals surface area contributed by atoms with Crippen molar-refractivity contribution in [3.8, 4) is 0 Å². The lowest BCUT2D eigenvalue weighted by atomic mass is 10.0. The van der Waals surface area contributed by atoms with Gasteiger partial charge in [-0.05, 0) is 66.4 Å². The second-order valence-corrected chi connectivity index (χ2v) is 9.74. The van der Waals surface area contributed by atoms with Gasteiger partial charge >= 0.3 is 0 Å². The van der Waals surface area contributed by atoms with Crippen LogP contribution in [-0.4, -0.2) is 30.1 Å². The van der Waals surface area contributed by atoms with Gasteiger partial charge in [-0.15, -0.1) is 0 Å². The number of ketones is 1. The Morgan fingerprint density at radius 1 is 0.938 bits per heavy atom. The summed E-state index contributed by atoms with van der Waals surface area (Å²) in [6, 6.07) is 18.6. The molecule has 0 fully saturated rings. The monoisotopic (exact) mass is 447 g/mol. The van der Waals surface area contributed by atoms with Crippen LogP contribution >= 0.6 is 0 Å². The first kappa shape index (κ1) is 21.8. The molecule has 0 aliphatic carbocycles. The van der Waals surface area contributed by atoms with E-state index in [1.54, 1.807) is 28.9 Å². The third-order valence-corrected chi connectivity index (χ3v) is 7.83. The minimum Gasteiger partial charge on any atom is -0.285 e. The average molecular weight is 448 g/mol. The predicted octanol–water partition coefficient (Wildman–Crippen LogP) is 4.32. The minimum absolute atomic E-state index is 0.0176. The van der Waals surface area contributed by atoms with Crippen molar-refractivity contribution in [3.63, 3.8) is 0 Å². The summed E-state index contributed by atoms with van der Waals surface area (Å²) in [4.78, 5) is 17.4. The zero-order chi connectivity index (χ0) is 22.7. The molecule has 0 aliphatic heterocycles. The molecule has 32 heavy (non-hydrogen) atoms. The van der Waals surface area contributed by atoms with Crippen LogP contribution in [0.1, 0.15) is 44.0 Å². The molecule has 0 aliphatic rings. The second kappa shape index (κ2) is 9.36. The second-order valence-electron chi connectivity index (χ2n) is 7.90. The Labute approximate surface area is 187 Å². The number of benzene rings is 3. The fourth-order valence-electron chi connectivity index (χ4n) is 3.87. The predicted molar refractivity (Wildman–Crippen MR) is 123 cm³/mol. The van der Waals surface area contributed by atoms with Gasteiger partial charge in [0.2, 0.25) is 5.78 Å². The highest BCUT2D eigenvalue weighted by atomic mass is 28.2. The molecule has 4 nitrogen and oxygen atoms in total. The van der Waals surface area contributed by atoms with E-state index in [4.69, 9.17) is 0 Å². The third kappa shape index (κ3) is 4.73. The summed E-state index contributed by atoms with van der Waals surface area (Å²) in [5, 5.41) is 4.30. The summed E-state index contributed by atoms with van der Waals surface area (Å²) in [5.41, 5.74) is 4.47. The van der Waals surface area contributed by atoms with Gasteiger partial charge in [-0.25, -0.2) is 18.4 Å². The van der Waals surface area contributed by atoms with Gasteiger partial charge < -0.3 is 0 Å². The Balaban J connectivity index is 1.61. The van der Waals surface area contributed by atoms with Gasteiger partial charge in [-0.3, -0.25) is 4.79 Å². The van der Waals surface area contributed by atoms with E-state index in [1.807, 2.05) is 32.0 Å². The Morgan fingerprint density at radius 2 is 1.53 bits per heavy atom.